The number of hydrogen-bond acceptors (Lipinski definition) is 1. The van der Waals surface area contributed by atoms with Crippen molar-refractivity contribution in [2.75, 3.05) is 0 Å². The summed E-state index contributed by atoms with van der Waals surface area (Å²) in [6, 6.07) is 8.39. The Morgan fingerprint density at radius 1 is 1.31 bits per heavy atom. The smallest absolute Gasteiger partial charge is 0.0540 e. The molecule has 1 heteroatoms. The van der Waals surface area contributed by atoms with Crippen LogP contribution in [0, 0.1) is 0 Å². The molecule has 0 radical (unpaired) electrons. The van der Waals surface area contributed by atoms with Crippen molar-refractivity contribution in [1.82, 2.24) is 0 Å². The number of aryl methyl sites for hydroxylation is 1. The van der Waals surface area contributed by atoms with Gasteiger partial charge in [0.05, 0.1) is 6.10 Å². The molecule has 1 aromatic carbocycles. The Kier molecular flexibility index (Phi) is 5.27. The van der Waals surface area contributed by atoms with E-state index in [9.17, 15) is 5.11 Å². The fourth-order valence-electron chi connectivity index (χ4n) is 1.85. The lowest BCUT2D eigenvalue weighted by molar-refractivity contribution is 0.162. The van der Waals surface area contributed by atoms with Crippen molar-refractivity contribution >= 4 is 5.57 Å². The molecule has 0 aliphatic carbocycles. The summed E-state index contributed by atoms with van der Waals surface area (Å²) >= 11 is 0. The van der Waals surface area contributed by atoms with Crippen molar-refractivity contribution in [3.05, 3.63) is 42.0 Å². The SMILES string of the molecule is C=C(CC[C@@H](O)CC)c1ccccc1CC. The lowest BCUT2D eigenvalue weighted by Gasteiger charge is -2.12. The second kappa shape index (κ2) is 6.49. The van der Waals surface area contributed by atoms with E-state index in [1.165, 1.54) is 11.1 Å². The van der Waals surface area contributed by atoms with Crippen molar-refractivity contribution < 1.29 is 5.11 Å². The van der Waals surface area contributed by atoms with E-state index < -0.39 is 0 Å². The molecule has 0 fully saturated rings. The van der Waals surface area contributed by atoms with Gasteiger partial charge in [0.2, 0.25) is 0 Å². The van der Waals surface area contributed by atoms with E-state index in [-0.39, 0.29) is 6.10 Å². The fourth-order valence-corrected chi connectivity index (χ4v) is 1.85. The van der Waals surface area contributed by atoms with Crippen molar-refractivity contribution in [2.24, 2.45) is 0 Å². The molecule has 88 valence electrons. The van der Waals surface area contributed by atoms with Crippen LogP contribution in [-0.2, 0) is 6.42 Å². The summed E-state index contributed by atoms with van der Waals surface area (Å²) in [7, 11) is 0. The molecule has 1 nitrogen and oxygen atoms in total. The molecule has 0 aliphatic rings. The summed E-state index contributed by atoms with van der Waals surface area (Å²) < 4.78 is 0. The topological polar surface area (TPSA) is 20.2 Å². The third-order valence-electron chi connectivity index (χ3n) is 3.03. The maximum Gasteiger partial charge on any atom is 0.0540 e. The predicted octanol–water partition coefficient (Wildman–Crippen LogP) is 3.81. The van der Waals surface area contributed by atoms with Gasteiger partial charge >= 0.3 is 0 Å². The molecule has 1 atom stereocenters. The first kappa shape index (κ1) is 13.0. The zero-order chi connectivity index (χ0) is 12.0. The highest BCUT2D eigenvalue weighted by atomic mass is 16.3. The van der Waals surface area contributed by atoms with E-state index in [0.717, 1.165) is 31.3 Å². The second-order valence-electron chi connectivity index (χ2n) is 4.22. The van der Waals surface area contributed by atoms with E-state index in [4.69, 9.17) is 0 Å². The molecule has 0 heterocycles. The minimum atomic E-state index is -0.189. The molecule has 0 aromatic heterocycles. The maximum absolute atomic E-state index is 9.54. The molecule has 0 aliphatic heterocycles. The zero-order valence-corrected chi connectivity index (χ0v) is 10.4. The van der Waals surface area contributed by atoms with Gasteiger partial charge < -0.3 is 5.11 Å². The van der Waals surface area contributed by atoms with Gasteiger partial charge in [-0.3, -0.25) is 0 Å². The van der Waals surface area contributed by atoms with E-state index in [0.29, 0.717) is 0 Å². The summed E-state index contributed by atoms with van der Waals surface area (Å²) in [5.74, 6) is 0. The van der Waals surface area contributed by atoms with Crippen LogP contribution in [0.4, 0.5) is 0 Å². The molecule has 16 heavy (non-hydrogen) atoms. The Morgan fingerprint density at radius 2 is 2.00 bits per heavy atom. The second-order valence-corrected chi connectivity index (χ2v) is 4.22. The van der Waals surface area contributed by atoms with Gasteiger partial charge in [-0.1, -0.05) is 44.7 Å². The van der Waals surface area contributed by atoms with Gasteiger partial charge in [0, 0.05) is 0 Å². The minimum Gasteiger partial charge on any atom is -0.393 e. The lowest BCUT2D eigenvalue weighted by Crippen LogP contribution is -2.04. The number of allylic oxidation sites excluding steroid dienone is 1. The van der Waals surface area contributed by atoms with Crippen LogP contribution in [0.3, 0.4) is 0 Å². The van der Waals surface area contributed by atoms with Crippen LogP contribution in [0.25, 0.3) is 5.57 Å². The Labute approximate surface area is 98.8 Å². The van der Waals surface area contributed by atoms with Crippen molar-refractivity contribution in [3.63, 3.8) is 0 Å². The summed E-state index contributed by atoms with van der Waals surface area (Å²) in [4.78, 5) is 0. The summed E-state index contributed by atoms with van der Waals surface area (Å²) in [5, 5.41) is 9.54. The fraction of sp³-hybridized carbons (Fsp3) is 0.467. The van der Waals surface area contributed by atoms with E-state index >= 15 is 0 Å². The first-order chi connectivity index (χ1) is 7.69. The Balaban J connectivity index is 2.65. The largest absolute Gasteiger partial charge is 0.393 e. The number of aliphatic hydroxyl groups is 1. The number of benzene rings is 1. The van der Waals surface area contributed by atoms with Crippen LogP contribution in [0.5, 0.6) is 0 Å². The van der Waals surface area contributed by atoms with E-state index in [1.54, 1.807) is 0 Å². The van der Waals surface area contributed by atoms with Crippen LogP contribution in [0.1, 0.15) is 44.2 Å². The highest BCUT2D eigenvalue weighted by molar-refractivity contribution is 5.66. The minimum absolute atomic E-state index is 0.189. The van der Waals surface area contributed by atoms with Gasteiger partial charge in [-0.05, 0) is 42.4 Å². The van der Waals surface area contributed by atoms with Crippen LogP contribution >= 0.6 is 0 Å². The van der Waals surface area contributed by atoms with Gasteiger partial charge in [0.15, 0.2) is 0 Å². The summed E-state index contributed by atoms with van der Waals surface area (Å²) in [6.07, 6.45) is 3.36. The van der Waals surface area contributed by atoms with Gasteiger partial charge in [0.25, 0.3) is 0 Å². The maximum atomic E-state index is 9.54. The Morgan fingerprint density at radius 3 is 2.62 bits per heavy atom. The molecule has 0 saturated carbocycles. The number of rotatable bonds is 6. The van der Waals surface area contributed by atoms with Crippen LogP contribution in [0.2, 0.25) is 0 Å². The van der Waals surface area contributed by atoms with E-state index in [2.05, 4.69) is 37.8 Å². The van der Waals surface area contributed by atoms with Gasteiger partial charge in [0.1, 0.15) is 0 Å². The monoisotopic (exact) mass is 218 g/mol. The molecule has 0 saturated heterocycles. The Hall–Kier alpha value is -1.08. The predicted molar refractivity (Wildman–Crippen MR) is 70.4 cm³/mol. The van der Waals surface area contributed by atoms with Crippen molar-refractivity contribution in [1.29, 1.82) is 0 Å². The molecule has 0 amide bonds. The molecule has 1 N–H and O–H groups in total. The molecule has 0 spiro atoms. The molecular weight excluding hydrogens is 196 g/mol. The summed E-state index contributed by atoms with van der Waals surface area (Å²) in [5.41, 5.74) is 3.75. The first-order valence-corrected chi connectivity index (χ1v) is 6.13. The number of aliphatic hydroxyl groups excluding tert-OH is 1. The third kappa shape index (κ3) is 3.49. The highest BCUT2D eigenvalue weighted by Gasteiger charge is 2.06. The quantitative estimate of drug-likeness (QED) is 0.769. The van der Waals surface area contributed by atoms with Gasteiger partial charge in [-0.15, -0.1) is 0 Å². The third-order valence-corrected chi connectivity index (χ3v) is 3.03. The molecule has 0 bridgehead atoms. The zero-order valence-electron chi connectivity index (χ0n) is 10.4. The molecular formula is C15H22O. The van der Waals surface area contributed by atoms with E-state index in [1.807, 2.05) is 6.92 Å². The van der Waals surface area contributed by atoms with Crippen LogP contribution < -0.4 is 0 Å². The molecule has 0 unspecified atom stereocenters. The molecule has 1 aromatic rings. The first-order valence-electron chi connectivity index (χ1n) is 6.13. The average molecular weight is 218 g/mol. The number of hydrogen-bond donors (Lipinski definition) is 1. The Bertz CT molecular complexity index is 341. The van der Waals surface area contributed by atoms with Gasteiger partial charge in [-0.2, -0.15) is 0 Å². The highest BCUT2D eigenvalue weighted by Crippen LogP contribution is 2.23. The average Bonchev–Trinajstić information content (AvgIpc) is 2.35. The molecule has 1 rings (SSSR count). The van der Waals surface area contributed by atoms with Gasteiger partial charge in [-0.25, -0.2) is 0 Å². The summed E-state index contributed by atoms with van der Waals surface area (Å²) in [6.45, 7) is 8.30. The van der Waals surface area contributed by atoms with Crippen LogP contribution in [0.15, 0.2) is 30.8 Å². The van der Waals surface area contributed by atoms with Crippen LogP contribution in [-0.4, -0.2) is 11.2 Å². The van der Waals surface area contributed by atoms with Crippen molar-refractivity contribution in [2.45, 2.75) is 45.6 Å². The van der Waals surface area contributed by atoms with Crippen molar-refractivity contribution in [3.8, 4) is 0 Å². The standard InChI is InChI=1S/C15H22O/c1-4-13-8-6-7-9-15(13)12(3)10-11-14(16)5-2/h6-9,14,16H,3-5,10-11H2,1-2H3/t14-/m0/s1. The lowest BCUT2D eigenvalue weighted by atomic mass is 9.95. The normalized spacial score (nSPS) is 12.4.